The molecule has 0 saturated heterocycles. The number of anilines is 1. The van der Waals surface area contributed by atoms with E-state index >= 15 is 0 Å². The summed E-state index contributed by atoms with van der Waals surface area (Å²) in [5.41, 5.74) is 3.67. The number of carbonyl (C=O) groups excluding carboxylic acids is 1. The summed E-state index contributed by atoms with van der Waals surface area (Å²) >= 11 is 7.44. The molecule has 1 aromatic heterocycles. The zero-order valence-electron chi connectivity index (χ0n) is 12.8. The van der Waals surface area contributed by atoms with Crippen molar-refractivity contribution in [1.29, 1.82) is 5.26 Å². The lowest BCUT2D eigenvalue weighted by Gasteiger charge is -2.09. The van der Waals surface area contributed by atoms with Gasteiger partial charge in [0.25, 0.3) is 5.91 Å². The van der Waals surface area contributed by atoms with E-state index in [1.807, 2.05) is 18.2 Å². The lowest BCUT2D eigenvalue weighted by atomic mass is 10.2. The molecule has 1 amide bonds. The molecule has 0 saturated carbocycles. The number of benzene rings is 2. The van der Waals surface area contributed by atoms with E-state index in [-0.39, 0.29) is 17.5 Å². The van der Waals surface area contributed by atoms with Crippen molar-refractivity contribution in [2.75, 3.05) is 11.9 Å². The number of ether oxygens (including phenoxy) is 1. The summed E-state index contributed by atoms with van der Waals surface area (Å²) < 4.78 is 5.38. The third kappa shape index (κ3) is 4.32. The lowest BCUT2D eigenvalue weighted by Crippen LogP contribution is -2.20. The van der Waals surface area contributed by atoms with Crippen LogP contribution in [0.3, 0.4) is 0 Å². The molecule has 8 heteroatoms. The van der Waals surface area contributed by atoms with Gasteiger partial charge in [-0.3, -0.25) is 4.79 Å². The van der Waals surface area contributed by atoms with Crippen LogP contribution in [-0.4, -0.2) is 22.7 Å². The van der Waals surface area contributed by atoms with Gasteiger partial charge in [0, 0.05) is 11.3 Å². The molecule has 0 spiro atoms. The van der Waals surface area contributed by atoms with Crippen LogP contribution < -0.4 is 10.1 Å². The molecular formula is C17H11ClN4O2S. The molecular weight excluding hydrogens is 360 g/mol. The van der Waals surface area contributed by atoms with Crippen LogP contribution in [0.1, 0.15) is 5.56 Å². The minimum absolute atomic E-state index is 0.191. The first kappa shape index (κ1) is 16.9. The number of rotatable bonds is 5. The molecule has 6 nitrogen and oxygen atoms in total. The highest BCUT2D eigenvalue weighted by atomic mass is 35.5. The van der Waals surface area contributed by atoms with E-state index in [9.17, 15) is 4.79 Å². The van der Waals surface area contributed by atoms with Gasteiger partial charge < -0.3 is 10.1 Å². The van der Waals surface area contributed by atoms with Gasteiger partial charge in [0.05, 0.1) is 16.7 Å². The fourth-order valence-electron chi connectivity index (χ4n) is 2.02. The van der Waals surface area contributed by atoms with Crippen molar-refractivity contribution < 1.29 is 9.53 Å². The van der Waals surface area contributed by atoms with Crippen LogP contribution in [0.2, 0.25) is 5.02 Å². The van der Waals surface area contributed by atoms with E-state index in [0.717, 1.165) is 10.6 Å². The second-order valence-electron chi connectivity index (χ2n) is 4.92. The molecule has 3 rings (SSSR count). The number of nitrogens with one attached hydrogen (secondary N) is 1. The number of nitriles is 1. The third-order valence-corrected chi connectivity index (χ3v) is 4.23. The van der Waals surface area contributed by atoms with E-state index < -0.39 is 0 Å². The molecule has 0 bridgehead atoms. The highest BCUT2D eigenvalue weighted by Gasteiger charge is 2.08. The van der Waals surface area contributed by atoms with Crippen molar-refractivity contribution in [3.05, 3.63) is 58.6 Å². The quantitative estimate of drug-likeness (QED) is 0.739. The maximum absolute atomic E-state index is 12.0. The number of aromatic nitrogens is 2. The van der Waals surface area contributed by atoms with Gasteiger partial charge in [-0.05, 0) is 42.5 Å². The fraction of sp³-hybridized carbons (Fsp3) is 0.0588. The van der Waals surface area contributed by atoms with E-state index in [1.54, 1.807) is 29.8 Å². The van der Waals surface area contributed by atoms with Gasteiger partial charge in [0.1, 0.15) is 16.3 Å². The number of halogens is 1. The van der Waals surface area contributed by atoms with Crippen molar-refractivity contribution >= 4 is 34.5 Å². The molecule has 0 aliphatic carbocycles. The second kappa shape index (κ2) is 7.75. The van der Waals surface area contributed by atoms with Crippen LogP contribution in [0.5, 0.6) is 5.75 Å². The predicted octanol–water partition coefficient (Wildman–Crippen LogP) is 3.75. The van der Waals surface area contributed by atoms with Gasteiger partial charge in [-0.1, -0.05) is 22.9 Å². The topological polar surface area (TPSA) is 87.9 Å². The summed E-state index contributed by atoms with van der Waals surface area (Å²) in [6.45, 7) is -0.191. The molecule has 1 heterocycles. The van der Waals surface area contributed by atoms with Gasteiger partial charge in [-0.15, -0.1) is 10.2 Å². The first-order chi connectivity index (χ1) is 12.2. The third-order valence-electron chi connectivity index (χ3n) is 3.20. The minimum atomic E-state index is -0.316. The number of carbonyl (C=O) groups is 1. The van der Waals surface area contributed by atoms with Gasteiger partial charge >= 0.3 is 0 Å². The van der Waals surface area contributed by atoms with Crippen molar-refractivity contribution in [3.8, 4) is 22.4 Å². The van der Waals surface area contributed by atoms with Crippen molar-refractivity contribution in [2.45, 2.75) is 0 Å². The maximum Gasteiger partial charge on any atom is 0.262 e. The molecule has 3 aromatic rings. The Morgan fingerprint density at radius 3 is 2.72 bits per heavy atom. The predicted molar refractivity (Wildman–Crippen MR) is 95.6 cm³/mol. The summed E-state index contributed by atoms with van der Waals surface area (Å²) in [7, 11) is 0. The van der Waals surface area contributed by atoms with Crippen molar-refractivity contribution in [3.63, 3.8) is 0 Å². The molecule has 0 radical (unpaired) electrons. The SMILES string of the molecule is N#Cc1ccc(OCC(=O)Nc2ccc(-c3nncs3)cc2)c(Cl)c1. The number of amides is 1. The summed E-state index contributed by atoms with van der Waals surface area (Å²) in [6.07, 6.45) is 0. The standard InChI is InChI=1S/C17H11ClN4O2S/c18-14-7-11(8-19)1-6-15(14)24-9-16(23)21-13-4-2-12(3-5-13)17-22-20-10-25-17/h1-7,10H,9H2,(H,21,23). The number of hydrogen-bond donors (Lipinski definition) is 1. The number of hydrogen-bond acceptors (Lipinski definition) is 6. The van der Waals surface area contributed by atoms with E-state index in [0.29, 0.717) is 17.0 Å². The molecule has 124 valence electrons. The first-order valence-electron chi connectivity index (χ1n) is 7.14. The molecule has 0 aliphatic rings. The van der Waals surface area contributed by atoms with Crippen molar-refractivity contribution in [1.82, 2.24) is 10.2 Å². The molecule has 2 aromatic carbocycles. The molecule has 0 atom stereocenters. The Morgan fingerprint density at radius 1 is 1.28 bits per heavy atom. The number of nitrogens with zero attached hydrogens (tertiary/aromatic N) is 3. The Hall–Kier alpha value is -2.95. The van der Waals surface area contributed by atoms with Crippen LogP contribution in [0.4, 0.5) is 5.69 Å². The zero-order chi connectivity index (χ0) is 17.6. The lowest BCUT2D eigenvalue weighted by molar-refractivity contribution is -0.118. The highest BCUT2D eigenvalue weighted by Crippen LogP contribution is 2.25. The van der Waals surface area contributed by atoms with Gasteiger partial charge in [-0.2, -0.15) is 5.26 Å². The van der Waals surface area contributed by atoms with Crippen LogP contribution >= 0.6 is 22.9 Å². The Bertz CT molecular complexity index is 921. The van der Waals surface area contributed by atoms with E-state index in [2.05, 4.69) is 15.5 Å². The second-order valence-corrected chi connectivity index (χ2v) is 6.16. The normalized spacial score (nSPS) is 10.1. The highest BCUT2D eigenvalue weighted by molar-refractivity contribution is 7.12. The average Bonchev–Trinajstić information content (AvgIpc) is 3.16. The van der Waals surface area contributed by atoms with Gasteiger partial charge in [0.2, 0.25) is 0 Å². The Morgan fingerprint density at radius 2 is 2.08 bits per heavy atom. The maximum atomic E-state index is 12.0. The molecule has 1 N–H and O–H groups in total. The van der Waals surface area contributed by atoms with Crippen LogP contribution in [0.15, 0.2) is 48.0 Å². The van der Waals surface area contributed by atoms with Crippen LogP contribution in [-0.2, 0) is 4.79 Å². The van der Waals surface area contributed by atoms with E-state index in [1.165, 1.54) is 17.4 Å². The summed E-state index contributed by atoms with van der Waals surface area (Å²) in [5, 5.41) is 20.4. The average molecular weight is 371 g/mol. The Labute approximate surface area is 152 Å². The summed E-state index contributed by atoms with van der Waals surface area (Å²) in [4.78, 5) is 12.0. The molecule has 25 heavy (non-hydrogen) atoms. The Kier molecular flexibility index (Phi) is 5.23. The zero-order valence-corrected chi connectivity index (χ0v) is 14.3. The molecule has 0 aliphatic heterocycles. The minimum Gasteiger partial charge on any atom is -0.482 e. The van der Waals surface area contributed by atoms with Crippen molar-refractivity contribution in [2.24, 2.45) is 0 Å². The monoisotopic (exact) mass is 370 g/mol. The van der Waals surface area contributed by atoms with Crippen LogP contribution in [0, 0.1) is 11.3 Å². The summed E-state index contributed by atoms with van der Waals surface area (Å²) in [5.74, 6) is 0.0338. The van der Waals surface area contributed by atoms with E-state index in [4.69, 9.17) is 21.6 Å². The summed E-state index contributed by atoms with van der Waals surface area (Å²) in [6, 6.07) is 13.9. The molecule has 0 fully saturated rings. The Balaban J connectivity index is 1.57. The molecule has 0 unspecified atom stereocenters. The largest absolute Gasteiger partial charge is 0.482 e. The first-order valence-corrected chi connectivity index (χ1v) is 8.40. The smallest absolute Gasteiger partial charge is 0.262 e. The van der Waals surface area contributed by atoms with Gasteiger partial charge in [0.15, 0.2) is 6.61 Å². The van der Waals surface area contributed by atoms with Crippen LogP contribution in [0.25, 0.3) is 10.6 Å². The van der Waals surface area contributed by atoms with Gasteiger partial charge in [-0.25, -0.2) is 0 Å². The fourth-order valence-corrected chi connectivity index (χ4v) is 2.82.